The summed E-state index contributed by atoms with van der Waals surface area (Å²) < 4.78 is 24.8. The van der Waals surface area contributed by atoms with Crippen LogP contribution in [0.25, 0.3) is 0 Å². The van der Waals surface area contributed by atoms with Gasteiger partial charge in [-0.25, -0.2) is 4.39 Å². The Bertz CT molecular complexity index is 902. The van der Waals surface area contributed by atoms with Gasteiger partial charge >= 0.3 is 0 Å². The van der Waals surface area contributed by atoms with Gasteiger partial charge in [0.1, 0.15) is 12.4 Å². The topological polar surface area (TPSA) is 30.5 Å². The highest BCUT2D eigenvalue weighted by Crippen LogP contribution is 2.30. The maximum Gasteiger partial charge on any atom is 0.161 e. The van der Waals surface area contributed by atoms with Crippen molar-refractivity contribution in [2.45, 2.75) is 26.6 Å². The van der Waals surface area contributed by atoms with E-state index in [0.29, 0.717) is 23.1 Å². The predicted octanol–water partition coefficient (Wildman–Crippen LogP) is 5.75. The Balaban J connectivity index is 1.63. The van der Waals surface area contributed by atoms with E-state index in [4.69, 9.17) is 21.1 Å². The maximum atomic E-state index is 13.2. The zero-order chi connectivity index (χ0) is 19.8. The highest BCUT2D eigenvalue weighted by atomic mass is 35.5. The molecule has 5 heteroatoms. The largest absolute Gasteiger partial charge is 0.490 e. The molecule has 0 aliphatic rings. The highest BCUT2D eigenvalue weighted by molar-refractivity contribution is 6.31. The first-order valence-electron chi connectivity index (χ1n) is 9.23. The molecule has 0 fully saturated rings. The first-order valence-corrected chi connectivity index (χ1v) is 9.60. The lowest BCUT2D eigenvalue weighted by Gasteiger charge is -2.14. The van der Waals surface area contributed by atoms with Crippen LogP contribution in [-0.4, -0.2) is 6.61 Å². The molecule has 0 heterocycles. The molecule has 0 radical (unpaired) electrons. The van der Waals surface area contributed by atoms with E-state index in [-0.39, 0.29) is 12.4 Å². The van der Waals surface area contributed by atoms with Gasteiger partial charge in [-0.15, -0.1) is 0 Å². The number of benzene rings is 3. The van der Waals surface area contributed by atoms with Crippen molar-refractivity contribution in [2.24, 2.45) is 0 Å². The molecule has 0 atom stereocenters. The van der Waals surface area contributed by atoms with Crippen molar-refractivity contribution in [1.29, 1.82) is 0 Å². The van der Waals surface area contributed by atoms with E-state index in [0.717, 1.165) is 24.2 Å². The third-order valence-corrected chi connectivity index (χ3v) is 4.56. The second-order valence-corrected chi connectivity index (χ2v) is 6.73. The maximum absolute atomic E-state index is 13.2. The third-order valence-electron chi connectivity index (χ3n) is 4.21. The molecule has 1 N–H and O–H groups in total. The van der Waals surface area contributed by atoms with Crippen molar-refractivity contribution in [2.75, 3.05) is 6.61 Å². The number of ether oxygens (including phenoxy) is 2. The van der Waals surface area contributed by atoms with Gasteiger partial charge in [0.05, 0.1) is 11.6 Å². The molecule has 0 aromatic heterocycles. The van der Waals surface area contributed by atoms with Gasteiger partial charge in [-0.3, -0.25) is 0 Å². The number of hydrogen-bond acceptors (Lipinski definition) is 3. The summed E-state index contributed by atoms with van der Waals surface area (Å²) in [7, 11) is 0. The zero-order valence-corrected chi connectivity index (χ0v) is 16.5. The molecule has 0 saturated carbocycles. The van der Waals surface area contributed by atoms with Crippen LogP contribution in [0.3, 0.4) is 0 Å². The van der Waals surface area contributed by atoms with Crippen LogP contribution >= 0.6 is 11.6 Å². The second-order valence-electron chi connectivity index (χ2n) is 6.33. The molecule has 0 bridgehead atoms. The van der Waals surface area contributed by atoms with E-state index in [1.807, 2.05) is 43.3 Å². The fraction of sp³-hybridized carbons (Fsp3) is 0.217. The van der Waals surface area contributed by atoms with Crippen molar-refractivity contribution < 1.29 is 13.9 Å². The molecule has 3 rings (SSSR count). The Morgan fingerprint density at radius 1 is 0.857 bits per heavy atom. The Kier molecular flexibility index (Phi) is 7.29. The first-order chi connectivity index (χ1) is 13.7. The summed E-state index contributed by atoms with van der Waals surface area (Å²) >= 11 is 6.07. The third kappa shape index (κ3) is 5.72. The van der Waals surface area contributed by atoms with Crippen LogP contribution in [-0.2, 0) is 19.7 Å². The predicted molar refractivity (Wildman–Crippen MR) is 110 cm³/mol. The van der Waals surface area contributed by atoms with Crippen LogP contribution in [0, 0.1) is 5.82 Å². The van der Waals surface area contributed by atoms with Crippen LogP contribution in [0.1, 0.15) is 23.6 Å². The highest BCUT2D eigenvalue weighted by Gasteiger charge is 2.09. The molecule has 0 amide bonds. The molecule has 146 valence electrons. The summed E-state index contributed by atoms with van der Waals surface area (Å²) in [6.07, 6.45) is 0. The molecular formula is C23H23ClFNO2. The van der Waals surface area contributed by atoms with Crippen LogP contribution in [0.5, 0.6) is 11.5 Å². The number of halogens is 2. The van der Waals surface area contributed by atoms with Crippen LogP contribution in [0.2, 0.25) is 5.02 Å². The van der Waals surface area contributed by atoms with Gasteiger partial charge in [0.15, 0.2) is 11.5 Å². The number of nitrogens with one attached hydrogen (secondary N) is 1. The summed E-state index contributed by atoms with van der Waals surface area (Å²) in [6.45, 7) is 4.23. The molecule has 28 heavy (non-hydrogen) atoms. The lowest BCUT2D eigenvalue weighted by Crippen LogP contribution is -2.12. The SMILES string of the molecule is CCOc1cc(CNCc2ccccc2)ccc1OCc1ccc(F)cc1Cl. The summed E-state index contributed by atoms with van der Waals surface area (Å²) in [5.74, 6) is 0.949. The van der Waals surface area contributed by atoms with Crippen molar-refractivity contribution in [1.82, 2.24) is 5.32 Å². The minimum absolute atomic E-state index is 0.241. The normalized spacial score (nSPS) is 10.7. The fourth-order valence-electron chi connectivity index (χ4n) is 2.79. The van der Waals surface area contributed by atoms with Gasteiger partial charge in [0.25, 0.3) is 0 Å². The minimum Gasteiger partial charge on any atom is -0.490 e. The second kappa shape index (κ2) is 10.1. The Morgan fingerprint density at radius 2 is 1.64 bits per heavy atom. The molecule has 0 aliphatic carbocycles. The smallest absolute Gasteiger partial charge is 0.161 e. The average Bonchev–Trinajstić information content (AvgIpc) is 2.69. The minimum atomic E-state index is -0.365. The standard InChI is InChI=1S/C23H23ClFNO2/c1-2-27-23-12-18(15-26-14-17-6-4-3-5-7-17)8-11-22(23)28-16-19-9-10-20(25)13-21(19)24/h3-13,26H,2,14-16H2,1H3. The van der Waals surface area contributed by atoms with Gasteiger partial charge in [-0.2, -0.15) is 0 Å². The molecule has 0 spiro atoms. The van der Waals surface area contributed by atoms with Gasteiger partial charge in [0.2, 0.25) is 0 Å². The summed E-state index contributed by atoms with van der Waals surface area (Å²) in [5, 5.41) is 3.77. The molecule has 3 nitrogen and oxygen atoms in total. The molecule has 0 unspecified atom stereocenters. The van der Waals surface area contributed by atoms with E-state index in [1.54, 1.807) is 6.07 Å². The van der Waals surface area contributed by atoms with Gasteiger partial charge in [0, 0.05) is 18.7 Å². The van der Waals surface area contributed by atoms with Gasteiger partial charge in [-0.1, -0.05) is 54.1 Å². The number of rotatable bonds is 9. The summed E-state index contributed by atoms with van der Waals surface area (Å²) in [4.78, 5) is 0. The Morgan fingerprint density at radius 3 is 2.39 bits per heavy atom. The Hall–Kier alpha value is -2.56. The van der Waals surface area contributed by atoms with Crippen LogP contribution in [0.4, 0.5) is 4.39 Å². The average molecular weight is 400 g/mol. The summed E-state index contributed by atoms with van der Waals surface area (Å²) in [5.41, 5.74) is 3.06. The van der Waals surface area contributed by atoms with Crippen molar-refractivity contribution in [3.8, 4) is 11.5 Å². The lowest BCUT2D eigenvalue weighted by molar-refractivity contribution is 0.269. The summed E-state index contributed by atoms with van der Waals surface area (Å²) in [6, 6.07) is 20.4. The molecule has 0 saturated heterocycles. The van der Waals surface area contributed by atoms with Crippen molar-refractivity contribution in [3.05, 3.63) is 94.3 Å². The molecular weight excluding hydrogens is 377 g/mol. The van der Waals surface area contributed by atoms with E-state index < -0.39 is 0 Å². The lowest BCUT2D eigenvalue weighted by atomic mass is 10.2. The van der Waals surface area contributed by atoms with Crippen molar-refractivity contribution in [3.63, 3.8) is 0 Å². The number of hydrogen-bond donors (Lipinski definition) is 1. The van der Waals surface area contributed by atoms with Gasteiger partial charge < -0.3 is 14.8 Å². The Labute approximate surface area is 170 Å². The fourth-order valence-corrected chi connectivity index (χ4v) is 3.01. The molecule has 3 aromatic rings. The van der Waals surface area contributed by atoms with Crippen LogP contribution in [0.15, 0.2) is 66.7 Å². The van der Waals surface area contributed by atoms with E-state index in [2.05, 4.69) is 17.4 Å². The molecule has 0 aliphatic heterocycles. The molecule has 3 aromatic carbocycles. The first kappa shape index (κ1) is 20.2. The van der Waals surface area contributed by atoms with Crippen molar-refractivity contribution >= 4 is 11.6 Å². The van der Waals surface area contributed by atoms with E-state index in [9.17, 15) is 4.39 Å². The van der Waals surface area contributed by atoms with Crippen LogP contribution < -0.4 is 14.8 Å². The monoisotopic (exact) mass is 399 g/mol. The van der Waals surface area contributed by atoms with Gasteiger partial charge in [-0.05, 0) is 42.3 Å². The van der Waals surface area contributed by atoms with E-state index >= 15 is 0 Å². The quantitative estimate of drug-likeness (QED) is 0.497. The zero-order valence-electron chi connectivity index (χ0n) is 15.8. The van der Waals surface area contributed by atoms with E-state index in [1.165, 1.54) is 17.7 Å².